The minimum atomic E-state index is -1.53. The lowest BCUT2D eigenvalue weighted by atomic mass is 9.89. The van der Waals surface area contributed by atoms with Crippen LogP contribution in [-0.2, 0) is 0 Å². The van der Waals surface area contributed by atoms with E-state index in [1.165, 1.54) is 22.3 Å². The van der Waals surface area contributed by atoms with Crippen molar-refractivity contribution in [1.82, 2.24) is 0 Å². The van der Waals surface area contributed by atoms with E-state index in [0.717, 1.165) is 22.3 Å². The highest BCUT2D eigenvalue weighted by molar-refractivity contribution is 6.83. The van der Waals surface area contributed by atoms with Crippen LogP contribution in [0, 0.1) is 37.2 Å². The second-order valence-electron chi connectivity index (χ2n) is 8.52. The summed E-state index contributed by atoms with van der Waals surface area (Å²) in [4.78, 5) is 0. The van der Waals surface area contributed by atoms with Crippen LogP contribution in [0.2, 0.25) is 19.6 Å². The molecule has 144 valence electrons. The molecule has 3 aromatic carbocycles. The minimum Gasteiger partial charge on any atom is -0.127 e. The molecule has 0 heterocycles. The van der Waals surface area contributed by atoms with Gasteiger partial charge in [0.1, 0.15) is 8.07 Å². The van der Waals surface area contributed by atoms with Gasteiger partial charge in [0, 0.05) is 11.1 Å². The van der Waals surface area contributed by atoms with E-state index >= 15 is 0 Å². The summed E-state index contributed by atoms with van der Waals surface area (Å²) in [5.74, 6) is 10.1. The number of hydrogen-bond donors (Lipinski definition) is 0. The van der Waals surface area contributed by atoms with Crippen LogP contribution in [-0.4, -0.2) is 8.07 Å². The number of hydrogen-bond acceptors (Lipinski definition) is 0. The van der Waals surface area contributed by atoms with E-state index in [-0.39, 0.29) is 0 Å². The van der Waals surface area contributed by atoms with E-state index in [2.05, 4.69) is 117 Å². The Labute approximate surface area is 177 Å². The van der Waals surface area contributed by atoms with Gasteiger partial charge in [0.2, 0.25) is 0 Å². The molecule has 0 bridgehead atoms. The van der Waals surface area contributed by atoms with Crippen LogP contribution in [0.15, 0.2) is 60.7 Å². The molecule has 0 nitrogen and oxygen atoms in total. The third-order valence-corrected chi connectivity index (χ3v) is 5.62. The summed E-state index contributed by atoms with van der Waals surface area (Å²) in [6.07, 6.45) is 0. The van der Waals surface area contributed by atoms with E-state index in [0.29, 0.717) is 0 Å². The van der Waals surface area contributed by atoms with E-state index in [4.69, 9.17) is 0 Å². The van der Waals surface area contributed by atoms with Crippen LogP contribution < -0.4 is 0 Å². The van der Waals surface area contributed by atoms with Gasteiger partial charge in [0.25, 0.3) is 0 Å². The van der Waals surface area contributed by atoms with Gasteiger partial charge in [-0.1, -0.05) is 103 Å². The molecular formula is C28H28Si. The Morgan fingerprint density at radius 2 is 1.00 bits per heavy atom. The highest BCUT2D eigenvalue weighted by Gasteiger charge is 2.15. The molecule has 0 saturated heterocycles. The normalized spacial score (nSPS) is 10.6. The van der Waals surface area contributed by atoms with Gasteiger partial charge in [0.15, 0.2) is 0 Å². The first-order chi connectivity index (χ1) is 13.8. The summed E-state index contributed by atoms with van der Waals surface area (Å²) in [6, 6.07) is 21.7. The molecule has 3 rings (SSSR count). The SMILES string of the molecule is CC#Cc1c(-c2ccc(C)cc2)ccc(-c2ccc(C)cc2)c1C#C[Si](C)(C)C. The second-order valence-corrected chi connectivity index (χ2v) is 13.3. The minimum absolute atomic E-state index is 1.03. The molecule has 0 aliphatic rings. The molecule has 1 heteroatoms. The molecule has 0 spiro atoms. The molecule has 3 aromatic rings. The zero-order valence-electron chi connectivity index (χ0n) is 18.3. The average molecular weight is 393 g/mol. The summed E-state index contributed by atoms with van der Waals surface area (Å²) in [6.45, 7) is 13.0. The summed E-state index contributed by atoms with van der Waals surface area (Å²) in [5, 5.41) is 0. The maximum atomic E-state index is 3.57. The van der Waals surface area contributed by atoms with Crippen LogP contribution in [0.5, 0.6) is 0 Å². The maximum Gasteiger partial charge on any atom is 0.129 e. The lowest BCUT2D eigenvalue weighted by Crippen LogP contribution is -2.16. The molecule has 0 amide bonds. The Morgan fingerprint density at radius 1 is 0.586 bits per heavy atom. The molecule has 0 unspecified atom stereocenters. The molecule has 0 saturated carbocycles. The molecular weight excluding hydrogens is 364 g/mol. The monoisotopic (exact) mass is 392 g/mol. The quantitative estimate of drug-likeness (QED) is 0.318. The first-order valence-electron chi connectivity index (χ1n) is 10.1. The highest BCUT2D eigenvalue weighted by atomic mass is 28.3. The number of benzene rings is 3. The fraction of sp³-hybridized carbons (Fsp3) is 0.214. The number of rotatable bonds is 2. The van der Waals surface area contributed by atoms with Crippen molar-refractivity contribution >= 4 is 8.07 Å². The lowest BCUT2D eigenvalue weighted by Gasteiger charge is -2.14. The summed E-state index contributed by atoms with van der Waals surface area (Å²) < 4.78 is 0. The summed E-state index contributed by atoms with van der Waals surface area (Å²) in [7, 11) is -1.53. The Kier molecular flexibility index (Phi) is 6.12. The van der Waals surface area contributed by atoms with Gasteiger partial charge in [-0.3, -0.25) is 0 Å². The standard InChI is InChI=1S/C28H28Si/c1-7-8-27-25(23-13-9-21(2)10-14-23)17-18-26(24-15-11-22(3)12-16-24)28(27)19-20-29(4,5)6/h9-18H,1-6H3. The van der Waals surface area contributed by atoms with Crippen molar-refractivity contribution in [1.29, 1.82) is 0 Å². The van der Waals surface area contributed by atoms with E-state index in [9.17, 15) is 0 Å². The van der Waals surface area contributed by atoms with Gasteiger partial charge in [0.05, 0.1) is 0 Å². The average Bonchev–Trinajstić information content (AvgIpc) is 2.68. The van der Waals surface area contributed by atoms with Crippen molar-refractivity contribution in [2.45, 2.75) is 40.4 Å². The Hall–Kier alpha value is -3.00. The highest BCUT2D eigenvalue weighted by Crippen LogP contribution is 2.33. The summed E-state index contributed by atoms with van der Waals surface area (Å²) >= 11 is 0. The van der Waals surface area contributed by atoms with Gasteiger partial charge in [-0.05, 0) is 43.0 Å². The zero-order valence-corrected chi connectivity index (χ0v) is 19.3. The first kappa shape index (κ1) is 20.7. The van der Waals surface area contributed by atoms with Gasteiger partial charge in [-0.25, -0.2) is 0 Å². The molecule has 0 atom stereocenters. The topological polar surface area (TPSA) is 0 Å². The molecule has 0 radical (unpaired) electrons. The van der Waals surface area contributed by atoms with Crippen molar-refractivity contribution in [3.63, 3.8) is 0 Å². The third-order valence-electron chi connectivity index (χ3n) is 4.74. The van der Waals surface area contributed by atoms with Gasteiger partial charge >= 0.3 is 0 Å². The smallest absolute Gasteiger partial charge is 0.127 e. The fourth-order valence-corrected chi connectivity index (χ4v) is 3.68. The van der Waals surface area contributed by atoms with Crippen molar-refractivity contribution in [2.24, 2.45) is 0 Å². The van der Waals surface area contributed by atoms with E-state index < -0.39 is 8.07 Å². The van der Waals surface area contributed by atoms with Crippen LogP contribution in [0.3, 0.4) is 0 Å². The molecule has 0 N–H and O–H groups in total. The Bertz CT molecular complexity index is 1130. The Balaban J connectivity index is 2.33. The van der Waals surface area contributed by atoms with Crippen molar-refractivity contribution < 1.29 is 0 Å². The largest absolute Gasteiger partial charge is 0.129 e. The first-order valence-corrected chi connectivity index (χ1v) is 13.6. The van der Waals surface area contributed by atoms with Gasteiger partial charge in [-0.2, -0.15) is 0 Å². The van der Waals surface area contributed by atoms with Crippen LogP contribution >= 0.6 is 0 Å². The predicted octanol–water partition coefficient (Wildman–Crippen LogP) is 7.24. The maximum absolute atomic E-state index is 3.57. The fourth-order valence-electron chi connectivity index (χ4n) is 3.18. The van der Waals surface area contributed by atoms with Gasteiger partial charge < -0.3 is 0 Å². The van der Waals surface area contributed by atoms with E-state index in [1.54, 1.807) is 0 Å². The second kappa shape index (κ2) is 8.56. The van der Waals surface area contributed by atoms with Crippen LogP contribution in [0.1, 0.15) is 29.2 Å². The van der Waals surface area contributed by atoms with Crippen molar-refractivity contribution in [3.8, 4) is 45.6 Å². The van der Waals surface area contributed by atoms with E-state index in [1.807, 2.05) is 6.92 Å². The van der Waals surface area contributed by atoms with Crippen LogP contribution in [0.4, 0.5) is 0 Å². The lowest BCUT2D eigenvalue weighted by molar-refractivity contribution is 1.45. The third kappa shape index (κ3) is 5.08. The van der Waals surface area contributed by atoms with Crippen molar-refractivity contribution in [3.05, 3.63) is 82.9 Å². The van der Waals surface area contributed by atoms with Gasteiger partial charge in [-0.15, -0.1) is 11.5 Å². The molecule has 0 fully saturated rings. The van der Waals surface area contributed by atoms with Crippen LogP contribution in [0.25, 0.3) is 22.3 Å². The molecule has 0 aliphatic carbocycles. The van der Waals surface area contributed by atoms with Crippen molar-refractivity contribution in [2.75, 3.05) is 0 Å². The molecule has 0 aromatic heterocycles. The number of aryl methyl sites for hydroxylation is 2. The Morgan fingerprint density at radius 3 is 1.38 bits per heavy atom. The summed E-state index contributed by atoms with van der Waals surface area (Å²) in [5.41, 5.74) is 12.8. The molecule has 29 heavy (non-hydrogen) atoms. The predicted molar refractivity (Wildman–Crippen MR) is 130 cm³/mol. The zero-order chi connectivity index (χ0) is 21.0. The molecule has 0 aliphatic heterocycles.